The molecule has 0 radical (unpaired) electrons. The third kappa shape index (κ3) is 5.79. The molecule has 2 atom stereocenters. The molecule has 41 heavy (non-hydrogen) atoms. The fourth-order valence-electron chi connectivity index (χ4n) is 4.92. The molecule has 3 N–H and O–H groups in total. The SMILES string of the molecule is C[C@H]1Cc2[nH]c(-c3ccnc(NC(=O)[C@H](CC(F)F)c4ccc(F)cc4)c3)c(Nc3ccccc3F)c2C(=O)N1C. The molecule has 11 heteroatoms. The second kappa shape index (κ2) is 11.4. The topological polar surface area (TPSA) is 90.1 Å². The van der Waals surface area contributed by atoms with Crippen molar-refractivity contribution in [3.63, 3.8) is 0 Å². The van der Waals surface area contributed by atoms with Crippen LogP contribution in [0.15, 0.2) is 66.9 Å². The Morgan fingerprint density at radius 2 is 1.85 bits per heavy atom. The second-order valence-corrected chi connectivity index (χ2v) is 9.95. The number of carbonyl (C=O) groups excluding carboxylic acids is 2. The van der Waals surface area contributed by atoms with E-state index in [9.17, 15) is 27.2 Å². The summed E-state index contributed by atoms with van der Waals surface area (Å²) in [7, 11) is 1.70. The van der Waals surface area contributed by atoms with Crippen LogP contribution in [0, 0.1) is 11.6 Å². The van der Waals surface area contributed by atoms with Crippen molar-refractivity contribution in [1.82, 2.24) is 14.9 Å². The molecule has 5 rings (SSSR count). The van der Waals surface area contributed by atoms with Crippen LogP contribution >= 0.6 is 0 Å². The van der Waals surface area contributed by atoms with E-state index in [0.29, 0.717) is 34.6 Å². The summed E-state index contributed by atoms with van der Waals surface area (Å²) in [5, 5.41) is 5.65. The number of likely N-dealkylation sites (N-methyl/N-ethyl adjacent to an activating group) is 1. The maximum atomic E-state index is 14.6. The van der Waals surface area contributed by atoms with Crippen LogP contribution in [-0.2, 0) is 11.2 Å². The van der Waals surface area contributed by atoms with Crippen LogP contribution in [0.25, 0.3) is 11.3 Å². The zero-order valence-electron chi connectivity index (χ0n) is 22.2. The average molecular weight is 566 g/mol. The summed E-state index contributed by atoms with van der Waals surface area (Å²) in [5.74, 6) is -3.19. The quantitative estimate of drug-likeness (QED) is 0.213. The number of nitrogens with one attached hydrogen (secondary N) is 3. The second-order valence-electron chi connectivity index (χ2n) is 9.95. The van der Waals surface area contributed by atoms with E-state index < -0.39 is 36.3 Å². The number of anilines is 3. The number of hydrogen-bond acceptors (Lipinski definition) is 4. The fraction of sp³-hybridized carbons (Fsp3) is 0.233. The first-order valence-corrected chi connectivity index (χ1v) is 13.0. The van der Waals surface area contributed by atoms with E-state index >= 15 is 0 Å². The summed E-state index contributed by atoms with van der Waals surface area (Å²) in [6.45, 7) is 1.92. The summed E-state index contributed by atoms with van der Waals surface area (Å²) < 4.78 is 54.7. The highest BCUT2D eigenvalue weighted by molar-refractivity contribution is 6.06. The van der Waals surface area contributed by atoms with E-state index in [0.717, 1.165) is 12.1 Å². The Morgan fingerprint density at radius 1 is 1.12 bits per heavy atom. The molecule has 212 valence electrons. The van der Waals surface area contributed by atoms with Gasteiger partial charge in [-0.05, 0) is 48.9 Å². The van der Waals surface area contributed by atoms with Crippen molar-refractivity contribution < 1.29 is 27.2 Å². The van der Waals surface area contributed by atoms with Crippen molar-refractivity contribution >= 4 is 29.0 Å². The standard InChI is InChI=1S/C30H27F4N5O2/c1-16-13-23-26(30(41)39(16)2)28(36-22-6-4-3-5-21(22)32)27(37-23)18-11-12-35-25(14-18)38-29(40)20(15-24(33)34)17-7-9-19(31)10-8-17/h3-12,14,16,20,24,36-37H,13,15H2,1-2H3,(H,35,38,40)/t16-,20+/m0/s1. The Kier molecular flexibility index (Phi) is 7.78. The average Bonchev–Trinajstić information content (AvgIpc) is 3.30. The lowest BCUT2D eigenvalue weighted by molar-refractivity contribution is -0.118. The van der Waals surface area contributed by atoms with Crippen LogP contribution < -0.4 is 10.6 Å². The zero-order chi connectivity index (χ0) is 29.3. The molecule has 0 spiro atoms. The number of fused-ring (bicyclic) bond motifs is 1. The van der Waals surface area contributed by atoms with Gasteiger partial charge in [-0.1, -0.05) is 24.3 Å². The highest BCUT2D eigenvalue weighted by Crippen LogP contribution is 2.39. The molecular formula is C30H27F4N5O2. The van der Waals surface area contributed by atoms with E-state index in [1.165, 1.54) is 30.5 Å². The number of aromatic nitrogens is 2. The first-order valence-electron chi connectivity index (χ1n) is 13.0. The minimum Gasteiger partial charge on any atom is -0.356 e. The van der Waals surface area contributed by atoms with E-state index in [-0.39, 0.29) is 29.0 Å². The number of alkyl halides is 2. The minimum atomic E-state index is -2.77. The molecule has 4 aromatic rings. The molecule has 0 bridgehead atoms. The van der Waals surface area contributed by atoms with Crippen LogP contribution in [-0.4, -0.2) is 46.2 Å². The number of amides is 2. The number of aromatic amines is 1. The van der Waals surface area contributed by atoms with Crippen LogP contribution in [0.2, 0.25) is 0 Å². The minimum absolute atomic E-state index is 0.0756. The van der Waals surface area contributed by atoms with Gasteiger partial charge in [-0.15, -0.1) is 0 Å². The molecule has 2 aromatic carbocycles. The number of pyridine rings is 1. The predicted molar refractivity (Wildman–Crippen MR) is 147 cm³/mol. The Morgan fingerprint density at radius 3 is 2.56 bits per heavy atom. The van der Waals surface area contributed by atoms with Crippen molar-refractivity contribution in [2.24, 2.45) is 0 Å². The number of para-hydroxylation sites is 1. The van der Waals surface area contributed by atoms with Crippen molar-refractivity contribution in [3.05, 3.63) is 95.3 Å². The maximum absolute atomic E-state index is 14.6. The maximum Gasteiger partial charge on any atom is 0.257 e. The summed E-state index contributed by atoms with van der Waals surface area (Å²) in [4.78, 5) is 35.5. The van der Waals surface area contributed by atoms with Crippen LogP contribution in [0.5, 0.6) is 0 Å². The number of halogens is 4. The molecule has 7 nitrogen and oxygen atoms in total. The van der Waals surface area contributed by atoms with E-state index in [4.69, 9.17) is 0 Å². The lowest BCUT2D eigenvalue weighted by Gasteiger charge is -2.30. The predicted octanol–water partition coefficient (Wildman–Crippen LogP) is 6.49. The van der Waals surface area contributed by atoms with E-state index in [1.807, 2.05) is 6.92 Å². The van der Waals surface area contributed by atoms with Crippen molar-refractivity contribution in [2.75, 3.05) is 17.7 Å². The third-order valence-electron chi connectivity index (χ3n) is 7.21. The summed E-state index contributed by atoms with van der Waals surface area (Å²) in [6, 6.07) is 14.0. The van der Waals surface area contributed by atoms with Gasteiger partial charge in [-0.25, -0.2) is 22.5 Å². The Labute approximate surface area is 233 Å². The molecule has 0 saturated carbocycles. The Bertz CT molecular complexity index is 1590. The molecule has 3 heterocycles. The monoisotopic (exact) mass is 565 g/mol. The Balaban J connectivity index is 1.51. The van der Waals surface area contributed by atoms with Crippen LogP contribution in [0.4, 0.5) is 34.8 Å². The normalized spacial score (nSPS) is 15.5. The summed E-state index contributed by atoms with van der Waals surface area (Å²) in [6.07, 6.45) is -1.57. The summed E-state index contributed by atoms with van der Waals surface area (Å²) in [5.41, 5.74) is 2.80. The van der Waals surface area contributed by atoms with Gasteiger partial charge in [-0.3, -0.25) is 9.59 Å². The molecule has 1 aliphatic heterocycles. The van der Waals surface area contributed by atoms with Gasteiger partial charge in [0.2, 0.25) is 12.3 Å². The van der Waals surface area contributed by atoms with Gasteiger partial charge in [0.05, 0.1) is 28.6 Å². The largest absolute Gasteiger partial charge is 0.356 e. The molecule has 0 aliphatic carbocycles. The number of hydrogen-bond donors (Lipinski definition) is 3. The van der Waals surface area contributed by atoms with Crippen molar-refractivity contribution in [2.45, 2.75) is 38.2 Å². The van der Waals surface area contributed by atoms with Gasteiger partial charge < -0.3 is 20.5 Å². The number of nitrogens with zero attached hydrogens (tertiary/aromatic N) is 2. The van der Waals surface area contributed by atoms with Crippen molar-refractivity contribution in [3.8, 4) is 11.3 Å². The number of carbonyl (C=O) groups is 2. The number of H-pyrrole nitrogens is 1. The molecule has 2 amide bonds. The molecular weight excluding hydrogens is 538 g/mol. The third-order valence-corrected chi connectivity index (χ3v) is 7.21. The van der Waals surface area contributed by atoms with Gasteiger partial charge >= 0.3 is 0 Å². The van der Waals surface area contributed by atoms with Crippen LogP contribution in [0.3, 0.4) is 0 Å². The highest BCUT2D eigenvalue weighted by Gasteiger charge is 2.34. The summed E-state index contributed by atoms with van der Waals surface area (Å²) >= 11 is 0. The zero-order valence-corrected chi connectivity index (χ0v) is 22.2. The fourth-order valence-corrected chi connectivity index (χ4v) is 4.92. The van der Waals surface area contributed by atoms with Crippen LogP contribution in [0.1, 0.15) is 40.9 Å². The van der Waals surface area contributed by atoms with Crippen molar-refractivity contribution in [1.29, 1.82) is 0 Å². The highest BCUT2D eigenvalue weighted by atomic mass is 19.3. The first kappa shape index (κ1) is 27.9. The van der Waals surface area contributed by atoms with E-state index in [1.54, 1.807) is 36.2 Å². The smallest absolute Gasteiger partial charge is 0.257 e. The first-order chi connectivity index (χ1) is 19.6. The number of benzene rings is 2. The lowest BCUT2D eigenvalue weighted by Crippen LogP contribution is -2.41. The molecule has 0 saturated heterocycles. The van der Waals surface area contributed by atoms with Gasteiger partial charge in [0, 0.05) is 43.4 Å². The van der Waals surface area contributed by atoms with E-state index in [2.05, 4.69) is 20.6 Å². The Hall–Kier alpha value is -4.67. The van der Waals surface area contributed by atoms with Gasteiger partial charge in [0.25, 0.3) is 5.91 Å². The van der Waals surface area contributed by atoms with Gasteiger partial charge in [0.1, 0.15) is 17.5 Å². The molecule has 1 aliphatic rings. The molecule has 0 fully saturated rings. The lowest BCUT2D eigenvalue weighted by atomic mass is 9.95. The molecule has 0 unspecified atom stereocenters. The number of rotatable bonds is 8. The van der Waals surface area contributed by atoms with Gasteiger partial charge in [0.15, 0.2) is 0 Å². The van der Waals surface area contributed by atoms with Gasteiger partial charge in [-0.2, -0.15) is 0 Å². The molecule has 2 aromatic heterocycles.